The Morgan fingerprint density at radius 3 is 2.68 bits per heavy atom. The van der Waals surface area contributed by atoms with Crippen molar-refractivity contribution in [3.05, 3.63) is 58.3 Å². The number of pyridine rings is 1. The molecule has 2 aromatic rings. The molecule has 1 aromatic heterocycles. The maximum Gasteiger partial charge on any atom is 0.269 e. The minimum Gasteiger partial charge on any atom is -0.373 e. The number of nitrogens with one attached hydrogen (secondary N) is 1. The van der Waals surface area contributed by atoms with Crippen LogP contribution in [0, 0.1) is 10.1 Å². The second kappa shape index (κ2) is 6.19. The monoisotopic (exact) mass is 275 g/mol. The van der Waals surface area contributed by atoms with E-state index >= 15 is 0 Å². The normalized spacial score (nSPS) is 10.2. The number of nitro benzene ring substituents is 1. The summed E-state index contributed by atoms with van der Waals surface area (Å²) in [6.07, 6.45) is 1.76. The molecule has 19 heavy (non-hydrogen) atoms. The summed E-state index contributed by atoms with van der Waals surface area (Å²) in [6.45, 7) is 0. The Kier molecular flexibility index (Phi) is 4.35. The van der Waals surface area contributed by atoms with Gasteiger partial charge in [0.2, 0.25) is 0 Å². The number of anilines is 1. The van der Waals surface area contributed by atoms with Crippen LogP contribution in [-0.4, -0.2) is 17.0 Å². The predicted octanol–water partition coefficient (Wildman–Crippen LogP) is 3.32. The SMILES string of the molecule is CNc1cc(CSc2ccc([N+](=O)[O-])cc2)ccn1. The van der Waals surface area contributed by atoms with E-state index in [1.54, 1.807) is 30.1 Å². The van der Waals surface area contributed by atoms with Gasteiger partial charge in [-0.3, -0.25) is 10.1 Å². The number of nitro groups is 1. The van der Waals surface area contributed by atoms with Crippen molar-refractivity contribution in [2.24, 2.45) is 0 Å². The Morgan fingerprint density at radius 1 is 1.32 bits per heavy atom. The molecule has 0 aliphatic heterocycles. The van der Waals surface area contributed by atoms with Gasteiger partial charge in [-0.05, 0) is 29.8 Å². The molecule has 0 radical (unpaired) electrons. The van der Waals surface area contributed by atoms with Crippen LogP contribution >= 0.6 is 11.8 Å². The van der Waals surface area contributed by atoms with E-state index in [9.17, 15) is 10.1 Å². The van der Waals surface area contributed by atoms with E-state index in [4.69, 9.17) is 0 Å². The van der Waals surface area contributed by atoms with Gasteiger partial charge in [0.25, 0.3) is 5.69 Å². The van der Waals surface area contributed by atoms with E-state index in [1.807, 2.05) is 19.2 Å². The zero-order valence-corrected chi connectivity index (χ0v) is 11.2. The minimum absolute atomic E-state index is 0.116. The first-order valence-corrected chi connectivity index (χ1v) is 6.67. The van der Waals surface area contributed by atoms with Gasteiger partial charge in [0.1, 0.15) is 5.82 Å². The highest BCUT2D eigenvalue weighted by atomic mass is 32.2. The van der Waals surface area contributed by atoms with Crippen LogP contribution in [0.5, 0.6) is 0 Å². The molecule has 0 bridgehead atoms. The fourth-order valence-electron chi connectivity index (χ4n) is 1.53. The van der Waals surface area contributed by atoms with Crippen LogP contribution in [0.1, 0.15) is 5.56 Å². The van der Waals surface area contributed by atoms with Crippen LogP contribution in [-0.2, 0) is 5.75 Å². The zero-order valence-electron chi connectivity index (χ0n) is 10.4. The number of non-ortho nitro benzene ring substituents is 1. The summed E-state index contributed by atoms with van der Waals surface area (Å²) >= 11 is 1.63. The molecule has 0 saturated heterocycles. The van der Waals surface area contributed by atoms with Crippen molar-refractivity contribution in [3.63, 3.8) is 0 Å². The van der Waals surface area contributed by atoms with Gasteiger partial charge in [-0.15, -0.1) is 11.8 Å². The number of hydrogen-bond donors (Lipinski definition) is 1. The molecule has 0 atom stereocenters. The standard InChI is InChI=1S/C13H13N3O2S/c1-14-13-8-10(6-7-15-13)9-19-12-4-2-11(3-5-12)16(17)18/h2-8H,9H2,1H3,(H,14,15). The van der Waals surface area contributed by atoms with E-state index in [0.717, 1.165) is 22.0 Å². The smallest absolute Gasteiger partial charge is 0.269 e. The Balaban J connectivity index is 1.99. The lowest BCUT2D eigenvalue weighted by molar-refractivity contribution is -0.384. The molecule has 2 rings (SSSR count). The van der Waals surface area contributed by atoms with Gasteiger partial charge in [0.05, 0.1) is 4.92 Å². The average Bonchev–Trinajstić information content (AvgIpc) is 2.46. The molecule has 6 heteroatoms. The van der Waals surface area contributed by atoms with Crippen LogP contribution in [0.4, 0.5) is 11.5 Å². The fraction of sp³-hybridized carbons (Fsp3) is 0.154. The molecule has 0 amide bonds. The van der Waals surface area contributed by atoms with Crippen molar-refractivity contribution in [2.45, 2.75) is 10.6 Å². The first kappa shape index (κ1) is 13.4. The van der Waals surface area contributed by atoms with Gasteiger partial charge in [-0.2, -0.15) is 0 Å². The second-order valence-electron chi connectivity index (χ2n) is 3.84. The molecule has 1 N–H and O–H groups in total. The van der Waals surface area contributed by atoms with Crippen LogP contribution < -0.4 is 5.32 Å². The molecule has 0 unspecified atom stereocenters. The van der Waals surface area contributed by atoms with Gasteiger partial charge in [0.15, 0.2) is 0 Å². The molecule has 0 aliphatic carbocycles. The number of nitrogens with zero attached hydrogens (tertiary/aromatic N) is 2. The quantitative estimate of drug-likeness (QED) is 0.515. The van der Waals surface area contributed by atoms with Gasteiger partial charge in [-0.25, -0.2) is 4.98 Å². The van der Waals surface area contributed by atoms with Crippen molar-refractivity contribution in [3.8, 4) is 0 Å². The first-order valence-electron chi connectivity index (χ1n) is 5.69. The minimum atomic E-state index is -0.392. The van der Waals surface area contributed by atoms with Gasteiger partial charge in [-0.1, -0.05) is 0 Å². The highest BCUT2D eigenvalue weighted by Crippen LogP contribution is 2.25. The van der Waals surface area contributed by atoms with Gasteiger partial charge < -0.3 is 5.32 Å². The molecule has 0 spiro atoms. The lowest BCUT2D eigenvalue weighted by Crippen LogP contribution is -1.92. The summed E-state index contributed by atoms with van der Waals surface area (Å²) in [4.78, 5) is 15.3. The first-order chi connectivity index (χ1) is 9.19. The predicted molar refractivity (Wildman–Crippen MR) is 76.4 cm³/mol. The Hall–Kier alpha value is -2.08. The third-order valence-corrected chi connectivity index (χ3v) is 3.62. The van der Waals surface area contributed by atoms with Crippen molar-refractivity contribution in [1.29, 1.82) is 0 Å². The third kappa shape index (κ3) is 3.69. The number of thioether (sulfide) groups is 1. The summed E-state index contributed by atoms with van der Waals surface area (Å²) in [7, 11) is 1.83. The lowest BCUT2D eigenvalue weighted by atomic mass is 10.3. The van der Waals surface area contributed by atoms with Crippen molar-refractivity contribution in [2.75, 3.05) is 12.4 Å². The van der Waals surface area contributed by atoms with Crippen molar-refractivity contribution >= 4 is 23.3 Å². The molecule has 1 aromatic carbocycles. The molecule has 0 saturated carbocycles. The summed E-state index contributed by atoms with van der Waals surface area (Å²) < 4.78 is 0. The summed E-state index contributed by atoms with van der Waals surface area (Å²) in [5.74, 6) is 1.64. The van der Waals surface area contributed by atoms with E-state index < -0.39 is 4.92 Å². The largest absolute Gasteiger partial charge is 0.373 e. The summed E-state index contributed by atoms with van der Waals surface area (Å²) in [5, 5.41) is 13.5. The highest BCUT2D eigenvalue weighted by molar-refractivity contribution is 7.98. The summed E-state index contributed by atoms with van der Waals surface area (Å²) in [6, 6.07) is 10.5. The van der Waals surface area contributed by atoms with Crippen LogP contribution in [0.25, 0.3) is 0 Å². The maximum absolute atomic E-state index is 10.5. The van der Waals surface area contributed by atoms with Crippen LogP contribution in [0.3, 0.4) is 0 Å². The molecule has 5 nitrogen and oxygen atoms in total. The van der Waals surface area contributed by atoms with Gasteiger partial charge >= 0.3 is 0 Å². The zero-order chi connectivity index (χ0) is 13.7. The Labute approximate surface area is 115 Å². The van der Waals surface area contributed by atoms with Crippen molar-refractivity contribution < 1.29 is 4.92 Å². The fourth-order valence-corrected chi connectivity index (χ4v) is 2.37. The van der Waals surface area contributed by atoms with Gasteiger partial charge in [0, 0.05) is 36.0 Å². The molecular formula is C13H13N3O2S. The summed E-state index contributed by atoms with van der Waals surface area (Å²) in [5.41, 5.74) is 1.27. The Morgan fingerprint density at radius 2 is 2.05 bits per heavy atom. The van der Waals surface area contributed by atoms with Crippen LogP contribution in [0.2, 0.25) is 0 Å². The Bertz CT molecular complexity index is 572. The van der Waals surface area contributed by atoms with E-state index in [-0.39, 0.29) is 5.69 Å². The second-order valence-corrected chi connectivity index (χ2v) is 4.89. The van der Waals surface area contributed by atoms with E-state index in [1.165, 1.54) is 12.1 Å². The molecule has 0 fully saturated rings. The number of aromatic nitrogens is 1. The number of hydrogen-bond acceptors (Lipinski definition) is 5. The molecule has 98 valence electrons. The maximum atomic E-state index is 10.5. The highest BCUT2D eigenvalue weighted by Gasteiger charge is 2.04. The van der Waals surface area contributed by atoms with Crippen molar-refractivity contribution in [1.82, 2.24) is 4.98 Å². The number of benzene rings is 1. The number of rotatable bonds is 5. The molecule has 1 heterocycles. The van der Waals surface area contributed by atoms with E-state index in [2.05, 4.69) is 10.3 Å². The lowest BCUT2D eigenvalue weighted by Gasteiger charge is -2.04. The van der Waals surface area contributed by atoms with E-state index in [0.29, 0.717) is 0 Å². The molecular weight excluding hydrogens is 262 g/mol. The topological polar surface area (TPSA) is 68.1 Å². The average molecular weight is 275 g/mol. The third-order valence-electron chi connectivity index (χ3n) is 2.53. The molecule has 0 aliphatic rings. The van der Waals surface area contributed by atoms with Crippen LogP contribution in [0.15, 0.2) is 47.5 Å².